The molecule has 1 aliphatic rings. The summed E-state index contributed by atoms with van der Waals surface area (Å²) >= 11 is 0. The third-order valence-electron chi connectivity index (χ3n) is 1.22. The maximum atomic E-state index is 10.4. The Morgan fingerprint density at radius 2 is 2.78 bits per heavy atom. The van der Waals surface area contributed by atoms with E-state index in [0.29, 0.717) is 12.9 Å². The van der Waals surface area contributed by atoms with Crippen molar-refractivity contribution in [3.05, 3.63) is 0 Å². The molecule has 1 unspecified atom stereocenters. The average Bonchev–Trinajstić information content (AvgIpc) is 1.90. The minimum absolute atomic E-state index is 0.225. The second-order valence-electron chi connectivity index (χ2n) is 1.96. The van der Waals surface area contributed by atoms with Gasteiger partial charge in [0, 0.05) is 18.7 Å². The molecule has 0 aliphatic carbocycles. The van der Waals surface area contributed by atoms with Crippen LogP contribution in [0.15, 0.2) is 4.99 Å². The number of urea groups is 1. The van der Waals surface area contributed by atoms with Crippen molar-refractivity contribution >= 4 is 20.1 Å². The Kier molecular flexibility index (Phi) is 1.87. The average molecular weight is 122 g/mol. The molecule has 0 saturated carbocycles. The van der Waals surface area contributed by atoms with E-state index < -0.39 is 0 Å². The molecular weight excluding hydrogens is 115 g/mol. The maximum Gasteiger partial charge on any atom is 0.340 e. The molecule has 0 aromatic rings. The van der Waals surface area contributed by atoms with Crippen LogP contribution in [0.1, 0.15) is 0 Å². The molecule has 9 heavy (non-hydrogen) atoms. The summed E-state index contributed by atoms with van der Waals surface area (Å²) in [5, 5.41) is 2.57. The van der Waals surface area contributed by atoms with Crippen LogP contribution in [0.4, 0.5) is 4.79 Å². The predicted octanol–water partition coefficient (Wildman–Crippen LogP) is -0.0166. The summed E-state index contributed by atoms with van der Waals surface area (Å²) < 4.78 is 0. The third-order valence-corrected chi connectivity index (χ3v) is 1.22. The van der Waals surface area contributed by atoms with Gasteiger partial charge >= 0.3 is 6.03 Å². The van der Waals surface area contributed by atoms with Crippen LogP contribution >= 0.6 is 0 Å². The van der Waals surface area contributed by atoms with E-state index in [-0.39, 0.29) is 11.9 Å². The molecule has 2 radical (unpaired) electrons. The molecule has 0 fully saturated rings. The van der Waals surface area contributed by atoms with E-state index in [2.05, 4.69) is 10.3 Å². The van der Waals surface area contributed by atoms with Crippen LogP contribution < -0.4 is 5.32 Å². The largest absolute Gasteiger partial charge is 0.340 e. The smallest absolute Gasteiger partial charge is 0.336 e. The van der Waals surface area contributed by atoms with Gasteiger partial charge in [-0.1, -0.05) is 6.32 Å². The van der Waals surface area contributed by atoms with Crippen molar-refractivity contribution in [2.45, 2.75) is 6.32 Å². The molecule has 1 rings (SSSR count). The second-order valence-corrected chi connectivity index (χ2v) is 1.96. The Hall–Kier alpha value is -0.795. The van der Waals surface area contributed by atoms with Crippen LogP contribution in [0.2, 0.25) is 6.32 Å². The zero-order valence-electron chi connectivity index (χ0n) is 5.00. The minimum Gasteiger partial charge on any atom is -0.336 e. The lowest BCUT2D eigenvalue weighted by molar-refractivity contribution is 0.247. The van der Waals surface area contributed by atoms with E-state index in [4.69, 9.17) is 7.85 Å². The molecule has 46 valence electrons. The highest BCUT2D eigenvalue weighted by Gasteiger charge is 2.09. The highest BCUT2D eigenvalue weighted by atomic mass is 16.2. The first-order valence-electron chi connectivity index (χ1n) is 2.85. The van der Waals surface area contributed by atoms with E-state index in [1.54, 1.807) is 6.21 Å². The van der Waals surface area contributed by atoms with Gasteiger partial charge in [-0.25, -0.2) is 9.79 Å². The van der Waals surface area contributed by atoms with Gasteiger partial charge in [-0.2, -0.15) is 0 Å². The number of aliphatic imine (C=N–C) groups is 1. The van der Waals surface area contributed by atoms with Crippen LogP contribution in [-0.2, 0) is 0 Å². The monoisotopic (exact) mass is 122 g/mol. The van der Waals surface area contributed by atoms with Crippen molar-refractivity contribution in [3.63, 3.8) is 0 Å². The Bertz CT molecular complexity index is 146. The third kappa shape index (κ3) is 1.55. The van der Waals surface area contributed by atoms with Crippen LogP contribution in [0.25, 0.3) is 0 Å². The summed E-state index contributed by atoms with van der Waals surface area (Å²) in [6, 6.07) is -0.264. The lowest BCUT2D eigenvalue weighted by Gasteiger charge is -2.13. The molecule has 1 N–H and O–H groups in total. The standard InChI is InChI=1S/C5H7BN2O/c6-1-4-2-7-5(9)8-3-4/h2,4H,1,3H2,(H,8,9). The van der Waals surface area contributed by atoms with Crippen LogP contribution in [0.5, 0.6) is 0 Å². The van der Waals surface area contributed by atoms with E-state index in [1.165, 1.54) is 0 Å². The summed E-state index contributed by atoms with van der Waals surface area (Å²) in [6.07, 6.45) is 2.14. The normalized spacial score (nSPS) is 25.8. The number of hydrogen-bond acceptors (Lipinski definition) is 1. The molecule has 2 amide bonds. The molecule has 1 heterocycles. The quantitative estimate of drug-likeness (QED) is 0.488. The molecule has 1 atom stereocenters. The molecule has 3 nitrogen and oxygen atoms in total. The molecular formula is C5H7BN2O. The van der Waals surface area contributed by atoms with Crippen LogP contribution in [0.3, 0.4) is 0 Å². The Balaban J connectivity index is 2.48. The van der Waals surface area contributed by atoms with Gasteiger partial charge < -0.3 is 5.32 Å². The van der Waals surface area contributed by atoms with Gasteiger partial charge in [-0.05, 0) is 0 Å². The Morgan fingerprint density at radius 3 is 3.22 bits per heavy atom. The van der Waals surface area contributed by atoms with Gasteiger partial charge in [-0.3, -0.25) is 0 Å². The first-order valence-corrected chi connectivity index (χ1v) is 2.85. The van der Waals surface area contributed by atoms with Gasteiger partial charge in [0.25, 0.3) is 0 Å². The van der Waals surface area contributed by atoms with Gasteiger partial charge in [0.15, 0.2) is 0 Å². The Labute approximate surface area is 55.0 Å². The number of carbonyl (C=O) groups is 1. The van der Waals surface area contributed by atoms with Gasteiger partial charge in [0.2, 0.25) is 0 Å². The first kappa shape index (κ1) is 6.33. The second kappa shape index (κ2) is 2.66. The summed E-state index contributed by atoms with van der Waals surface area (Å²) in [5.74, 6) is 0.225. The van der Waals surface area contributed by atoms with Gasteiger partial charge in [0.1, 0.15) is 0 Å². The molecule has 4 heteroatoms. The zero-order chi connectivity index (χ0) is 6.69. The molecule has 0 spiro atoms. The Morgan fingerprint density at radius 1 is 2.00 bits per heavy atom. The van der Waals surface area contributed by atoms with Crippen LogP contribution in [0, 0.1) is 5.92 Å². The summed E-state index contributed by atoms with van der Waals surface area (Å²) in [6.45, 7) is 0.624. The molecule has 0 aromatic carbocycles. The van der Waals surface area contributed by atoms with E-state index in [0.717, 1.165) is 0 Å². The number of amides is 2. The highest BCUT2D eigenvalue weighted by molar-refractivity contribution is 6.10. The SMILES string of the molecule is [B]CC1C=NC(=O)NC1. The van der Waals surface area contributed by atoms with Crippen molar-refractivity contribution in [1.29, 1.82) is 0 Å². The maximum absolute atomic E-state index is 10.4. The van der Waals surface area contributed by atoms with Crippen molar-refractivity contribution < 1.29 is 4.79 Å². The van der Waals surface area contributed by atoms with E-state index in [9.17, 15) is 4.79 Å². The fraction of sp³-hybridized carbons (Fsp3) is 0.600. The molecule has 0 bridgehead atoms. The van der Waals surface area contributed by atoms with Crippen molar-refractivity contribution in [3.8, 4) is 0 Å². The summed E-state index contributed by atoms with van der Waals surface area (Å²) in [5.41, 5.74) is 0. The van der Waals surface area contributed by atoms with Crippen LogP contribution in [-0.4, -0.2) is 26.6 Å². The summed E-state index contributed by atoms with van der Waals surface area (Å²) in [7, 11) is 5.31. The first-order chi connectivity index (χ1) is 4.33. The van der Waals surface area contributed by atoms with E-state index in [1.807, 2.05) is 0 Å². The van der Waals surface area contributed by atoms with E-state index >= 15 is 0 Å². The number of rotatable bonds is 1. The minimum atomic E-state index is -0.264. The van der Waals surface area contributed by atoms with Gasteiger partial charge in [-0.15, -0.1) is 0 Å². The fourth-order valence-corrected chi connectivity index (χ4v) is 0.634. The predicted molar refractivity (Wildman–Crippen MR) is 35.9 cm³/mol. The molecule has 0 aromatic heterocycles. The highest BCUT2D eigenvalue weighted by Crippen LogP contribution is 1.99. The number of nitrogens with zero attached hydrogens (tertiary/aromatic N) is 1. The topological polar surface area (TPSA) is 41.5 Å². The fourth-order valence-electron chi connectivity index (χ4n) is 0.634. The number of nitrogens with one attached hydrogen (secondary N) is 1. The van der Waals surface area contributed by atoms with Crippen molar-refractivity contribution in [2.75, 3.05) is 6.54 Å². The number of hydrogen-bond donors (Lipinski definition) is 1. The lowest BCUT2D eigenvalue weighted by atomic mass is 9.92. The molecule has 0 saturated heterocycles. The summed E-state index contributed by atoms with van der Waals surface area (Å²) in [4.78, 5) is 13.9. The lowest BCUT2D eigenvalue weighted by Crippen LogP contribution is -2.32. The number of carbonyl (C=O) groups excluding carboxylic acids is 1. The van der Waals surface area contributed by atoms with Crippen molar-refractivity contribution in [2.24, 2.45) is 10.9 Å². The zero-order valence-corrected chi connectivity index (χ0v) is 5.00. The van der Waals surface area contributed by atoms with Crippen molar-refractivity contribution in [1.82, 2.24) is 5.32 Å². The molecule has 1 aliphatic heterocycles. The van der Waals surface area contributed by atoms with Gasteiger partial charge in [0.05, 0.1) is 7.85 Å².